The lowest BCUT2D eigenvalue weighted by Crippen LogP contribution is -2.45. The van der Waals surface area contributed by atoms with Crippen molar-refractivity contribution in [1.29, 1.82) is 0 Å². The van der Waals surface area contributed by atoms with Crippen LogP contribution >= 0.6 is 11.8 Å². The van der Waals surface area contributed by atoms with Crippen LogP contribution in [0.4, 0.5) is 0 Å². The summed E-state index contributed by atoms with van der Waals surface area (Å²) in [5.74, 6) is 1.23. The zero-order valence-corrected chi connectivity index (χ0v) is 13.4. The number of thioether (sulfide) groups is 1. The molecule has 0 bridgehead atoms. The smallest absolute Gasteiger partial charge is 0.311 e. The van der Waals surface area contributed by atoms with E-state index in [2.05, 4.69) is 19.2 Å². The molecule has 0 aromatic rings. The quantitative estimate of drug-likeness (QED) is 0.677. The molecule has 1 aliphatic rings. The number of aliphatic carboxylic acids is 1. The molecule has 1 fully saturated rings. The van der Waals surface area contributed by atoms with E-state index < -0.39 is 11.4 Å². The highest BCUT2D eigenvalue weighted by molar-refractivity contribution is 7.99. The van der Waals surface area contributed by atoms with Gasteiger partial charge in [-0.3, -0.25) is 9.59 Å². The molecule has 0 atom stereocenters. The van der Waals surface area contributed by atoms with Gasteiger partial charge in [-0.25, -0.2) is 0 Å². The maximum absolute atomic E-state index is 11.8. The van der Waals surface area contributed by atoms with Gasteiger partial charge in [-0.05, 0) is 43.8 Å². The summed E-state index contributed by atoms with van der Waals surface area (Å²) in [6.07, 6.45) is 5.48. The average molecular weight is 301 g/mol. The third-order valence-corrected chi connectivity index (χ3v) is 5.23. The van der Waals surface area contributed by atoms with Crippen LogP contribution in [0.5, 0.6) is 0 Å². The van der Waals surface area contributed by atoms with Gasteiger partial charge in [0.1, 0.15) is 0 Å². The number of hydrogen-bond acceptors (Lipinski definition) is 3. The molecule has 0 unspecified atom stereocenters. The van der Waals surface area contributed by atoms with Crippen LogP contribution in [0.3, 0.4) is 0 Å². The van der Waals surface area contributed by atoms with Crippen molar-refractivity contribution in [3.8, 4) is 0 Å². The van der Waals surface area contributed by atoms with Gasteiger partial charge in [0, 0.05) is 6.54 Å². The fourth-order valence-electron chi connectivity index (χ4n) is 2.51. The molecule has 1 amide bonds. The number of unbranched alkanes of at least 4 members (excludes halogenated alkanes) is 1. The van der Waals surface area contributed by atoms with E-state index in [0.717, 1.165) is 31.4 Å². The van der Waals surface area contributed by atoms with Gasteiger partial charge in [0.2, 0.25) is 5.91 Å². The Morgan fingerprint density at radius 2 is 2.00 bits per heavy atom. The first-order valence-corrected chi connectivity index (χ1v) is 8.73. The van der Waals surface area contributed by atoms with Gasteiger partial charge in [-0.15, -0.1) is 0 Å². The van der Waals surface area contributed by atoms with Crippen LogP contribution in [0, 0.1) is 11.3 Å². The lowest BCUT2D eigenvalue weighted by molar-refractivity contribution is -0.151. The summed E-state index contributed by atoms with van der Waals surface area (Å²) in [6, 6.07) is 0. The Morgan fingerprint density at radius 1 is 1.35 bits per heavy atom. The van der Waals surface area contributed by atoms with Crippen molar-refractivity contribution in [3.63, 3.8) is 0 Å². The predicted molar refractivity (Wildman–Crippen MR) is 82.9 cm³/mol. The van der Waals surface area contributed by atoms with Crippen LogP contribution in [0.15, 0.2) is 0 Å². The Balaban J connectivity index is 2.36. The molecule has 0 saturated heterocycles. The second-order valence-corrected chi connectivity index (χ2v) is 7.06. The minimum atomic E-state index is -0.761. The molecule has 1 saturated carbocycles. The topological polar surface area (TPSA) is 66.4 Å². The molecule has 0 spiro atoms. The van der Waals surface area contributed by atoms with Gasteiger partial charge in [0.05, 0.1) is 11.2 Å². The van der Waals surface area contributed by atoms with Crippen LogP contribution < -0.4 is 5.32 Å². The zero-order valence-electron chi connectivity index (χ0n) is 12.6. The molecule has 1 rings (SSSR count). The normalized spacial score (nSPS) is 26.2. The highest BCUT2D eigenvalue weighted by Gasteiger charge is 2.41. The standard InChI is InChI=1S/C15H27NO3S/c1-3-4-9-20-10-13(17)16-11-15(14(18)19)7-5-12(2)6-8-15/h12H,3-11H2,1-2H3,(H,16,17)(H,18,19). The molecule has 0 aliphatic heterocycles. The molecule has 0 aromatic heterocycles. The van der Waals surface area contributed by atoms with E-state index in [9.17, 15) is 14.7 Å². The lowest BCUT2D eigenvalue weighted by atomic mass is 9.71. The van der Waals surface area contributed by atoms with Gasteiger partial charge in [0.25, 0.3) is 0 Å². The summed E-state index contributed by atoms with van der Waals surface area (Å²) in [7, 11) is 0. The van der Waals surface area contributed by atoms with Crippen LogP contribution in [0.2, 0.25) is 0 Å². The highest BCUT2D eigenvalue weighted by Crippen LogP contribution is 2.38. The van der Waals surface area contributed by atoms with Crippen molar-refractivity contribution in [3.05, 3.63) is 0 Å². The Kier molecular flexibility index (Phi) is 7.41. The van der Waals surface area contributed by atoms with Crippen LogP contribution in [-0.2, 0) is 9.59 Å². The molecule has 1 aliphatic carbocycles. The Morgan fingerprint density at radius 3 is 2.55 bits per heavy atom. The van der Waals surface area contributed by atoms with Crippen molar-refractivity contribution >= 4 is 23.6 Å². The van der Waals surface area contributed by atoms with E-state index in [1.165, 1.54) is 0 Å². The fraction of sp³-hybridized carbons (Fsp3) is 0.867. The zero-order chi connectivity index (χ0) is 15.0. The lowest BCUT2D eigenvalue weighted by Gasteiger charge is -2.35. The number of hydrogen-bond donors (Lipinski definition) is 2. The molecule has 2 N–H and O–H groups in total. The predicted octanol–water partition coefficient (Wildman–Crippen LogP) is 2.92. The van der Waals surface area contributed by atoms with Gasteiger partial charge >= 0.3 is 5.97 Å². The van der Waals surface area contributed by atoms with Gasteiger partial charge in [-0.2, -0.15) is 11.8 Å². The fourth-order valence-corrected chi connectivity index (χ4v) is 3.44. The van der Waals surface area contributed by atoms with Crippen LogP contribution in [-0.4, -0.2) is 35.0 Å². The third kappa shape index (κ3) is 5.35. The minimum Gasteiger partial charge on any atom is -0.481 e. The summed E-state index contributed by atoms with van der Waals surface area (Å²) in [5.41, 5.74) is -0.740. The number of carboxylic acids is 1. The van der Waals surface area contributed by atoms with Crippen LogP contribution in [0.25, 0.3) is 0 Å². The summed E-state index contributed by atoms with van der Waals surface area (Å²) >= 11 is 1.62. The first-order valence-electron chi connectivity index (χ1n) is 7.58. The Bertz CT molecular complexity index is 325. The number of nitrogens with one attached hydrogen (secondary N) is 1. The van der Waals surface area contributed by atoms with E-state index in [-0.39, 0.29) is 12.5 Å². The number of carbonyl (C=O) groups excluding carboxylic acids is 1. The molecule has 4 nitrogen and oxygen atoms in total. The second-order valence-electron chi connectivity index (χ2n) is 5.95. The van der Waals surface area contributed by atoms with E-state index in [1.54, 1.807) is 11.8 Å². The average Bonchev–Trinajstić information content (AvgIpc) is 2.43. The first kappa shape index (κ1) is 17.3. The van der Waals surface area contributed by atoms with Crippen LogP contribution in [0.1, 0.15) is 52.4 Å². The molecule has 0 radical (unpaired) electrons. The monoisotopic (exact) mass is 301 g/mol. The summed E-state index contributed by atoms with van der Waals surface area (Å²) < 4.78 is 0. The van der Waals surface area contributed by atoms with Crippen molar-refractivity contribution in [2.24, 2.45) is 11.3 Å². The summed E-state index contributed by atoms with van der Waals surface area (Å²) in [6.45, 7) is 4.57. The van der Waals surface area contributed by atoms with E-state index in [0.29, 0.717) is 24.5 Å². The van der Waals surface area contributed by atoms with Crippen molar-refractivity contribution in [2.45, 2.75) is 52.4 Å². The van der Waals surface area contributed by atoms with Gasteiger partial charge < -0.3 is 10.4 Å². The van der Waals surface area contributed by atoms with Gasteiger partial charge in [-0.1, -0.05) is 20.3 Å². The van der Waals surface area contributed by atoms with Crippen molar-refractivity contribution in [2.75, 3.05) is 18.1 Å². The SMILES string of the molecule is CCCCSCC(=O)NCC1(C(=O)O)CCC(C)CC1. The highest BCUT2D eigenvalue weighted by atomic mass is 32.2. The number of carbonyl (C=O) groups is 2. The molecular weight excluding hydrogens is 274 g/mol. The second kappa shape index (κ2) is 8.55. The number of carboxylic acid groups (broad SMARTS) is 1. The molecule has 5 heteroatoms. The van der Waals surface area contributed by atoms with E-state index in [1.807, 2.05) is 0 Å². The molecule has 0 heterocycles. The van der Waals surface area contributed by atoms with Gasteiger partial charge in [0.15, 0.2) is 0 Å². The maximum Gasteiger partial charge on any atom is 0.311 e. The van der Waals surface area contributed by atoms with E-state index >= 15 is 0 Å². The summed E-state index contributed by atoms with van der Waals surface area (Å²) in [4.78, 5) is 23.3. The van der Waals surface area contributed by atoms with Crippen molar-refractivity contribution < 1.29 is 14.7 Å². The molecule has 0 aromatic carbocycles. The van der Waals surface area contributed by atoms with Crippen molar-refractivity contribution in [1.82, 2.24) is 5.32 Å². The number of rotatable bonds is 8. The maximum atomic E-state index is 11.8. The first-order chi connectivity index (χ1) is 9.50. The molecular formula is C15H27NO3S. The van der Waals surface area contributed by atoms with E-state index in [4.69, 9.17) is 0 Å². The summed E-state index contributed by atoms with van der Waals surface area (Å²) in [5, 5.41) is 12.3. The Labute approximate surface area is 126 Å². The minimum absolute atomic E-state index is 0.0367. The molecule has 20 heavy (non-hydrogen) atoms. The molecule has 116 valence electrons. The largest absolute Gasteiger partial charge is 0.481 e. The Hall–Kier alpha value is -0.710. The third-order valence-electron chi connectivity index (χ3n) is 4.18. The number of amides is 1.